The van der Waals surface area contributed by atoms with Gasteiger partial charge >= 0.3 is 0 Å². The molecule has 0 amide bonds. The molecule has 0 saturated carbocycles. The molecule has 7 heteroatoms. The highest BCUT2D eigenvalue weighted by Crippen LogP contribution is 2.21. The minimum atomic E-state index is -3.82. The Labute approximate surface area is 121 Å². The van der Waals surface area contributed by atoms with Crippen LogP contribution in [0.2, 0.25) is 0 Å². The average Bonchev–Trinajstić information content (AvgIpc) is 2.47. The van der Waals surface area contributed by atoms with Crippen molar-refractivity contribution in [1.82, 2.24) is 4.98 Å². The highest BCUT2D eigenvalue weighted by atomic mass is 32.2. The number of pyridine rings is 1. The number of hydrogen-bond donors (Lipinski definition) is 1. The number of nitrogens with one attached hydrogen (secondary N) is 1. The molecule has 1 heterocycles. The van der Waals surface area contributed by atoms with E-state index in [9.17, 15) is 8.42 Å². The number of benzene rings is 1. The lowest BCUT2D eigenvalue weighted by atomic mass is 10.3. The summed E-state index contributed by atoms with van der Waals surface area (Å²) in [5, 5.41) is 8.91. The van der Waals surface area contributed by atoms with Crippen molar-refractivity contribution in [3.05, 3.63) is 48.3 Å². The van der Waals surface area contributed by atoms with Crippen LogP contribution in [0.4, 0.5) is 5.69 Å². The van der Waals surface area contributed by atoms with Gasteiger partial charge in [-0.05, 0) is 42.7 Å². The van der Waals surface area contributed by atoms with E-state index in [1.165, 1.54) is 18.3 Å². The van der Waals surface area contributed by atoms with E-state index in [0.29, 0.717) is 5.69 Å². The first kappa shape index (κ1) is 14.4. The molecule has 0 unspecified atom stereocenters. The molecule has 1 aromatic heterocycles. The fourth-order valence-corrected chi connectivity index (χ4v) is 3.14. The van der Waals surface area contributed by atoms with Gasteiger partial charge in [0.05, 0.1) is 0 Å². The maximum Gasteiger partial charge on any atom is 0.264 e. The first-order chi connectivity index (χ1) is 9.56. The van der Waals surface area contributed by atoms with Crippen LogP contribution in [0.25, 0.3) is 0 Å². The van der Waals surface area contributed by atoms with Crippen LogP contribution in [0.5, 0.6) is 0 Å². The molecule has 0 bridgehead atoms. The summed E-state index contributed by atoms with van der Waals surface area (Å²) in [6.45, 7) is 0. The fourth-order valence-electron chi connectivity index (χ4n) is 1.56. The quantitative estimate of drug-likeness (QED) is 0.877. The van der Waals surface area contributed by atoms with Crippen molar-refractivity contribution >= 4 is 27.5 Å². The van der Waals surface area contributed by atoms with E-state index in [1.807, 2.05) is 18.4 Å². The molecule has 0 aliphatic heterocycles. The molecule has 1 aromatic carbocycles. The molecule has 102 valence electrons. The van der Waals surface area contributed by atoms with E-state index < -0.39 is 10.0 Å². The summed E-state index contributed by atoms with van der Waals surface area (Å²) in [7, 11) is -3.82. The molecule has 0 fully saturated rings. The third-order valence-electron chi connectivity index (χ3n) is 2.51. The highest BCUT2D eigenvalue weighted by molar-refractivity contribution is 7.98. The van der Waals surface area contributed by atoms with Crippen molar-refractivity contribution in [2.75, 3.05) is 11.0 Å². The maximum atomic E-state index is 12.2. The van der Waals surface area contributed by atoms with Crippen LogP contribution in [0.1, 0.15) is 5.69 Å². The van der Waals surface area contributed by atoms with Crippen molar-refractivity contribution in [3.8, 4) is 6.07 Å². The Morgan fingerprint density at radius 3 is 2.55 bits per heavy atom. The Morgan fingerprint density at radius 2 is 1.95 bits per heavy atom. The second-order valence-electron chi connectivity index (χ2n) is 3.80. The van der Waals surface area contributed by atoms with Crippen molar-refractivity contribution in [1.29, 1.82) is 5.26 Å². The van der Waals surface area contributed by atoms with Crippen LogP contribution in [-0.2, 0) is 10.0 Å². The number of hydrogen-bond acceptors (Lipinski definition) is 5. The predicted octanol–water partition coefficient (Wildman–Crippen LogP) is 2.48. The van der Waals surface area contributed by atoms with Gasteiger partial charge in [0.15, 0.2) is 5.69 Å². The van der Waals surface area contributed by atoms with E-state index >= 15 is 0 Å². The SMILES string of the molecule is CSc1ccc(NS(=O)(=O)c2cccnc2C#N)cc1. The van der Waals surface area contributed by atoms with Gasteiger partial charge in [0.2, 0.25) is 0 Å². The standard InChI is InChI=1S/C13H11N3O2S2/c1-19-11-6-4-10(5-7-11)16-20(17,18)13-3-2-8-15-12(13)9-14/h2-8,16H,1H3. The summed E-state index contributed by atoms with van der Waals surface area (Å²) >= 11 is 1.57. The lowest BCUT2D eigenvalue weighted by Gasteiger charge is -2.09. The third kappa shape index (κ3) is 3.10. The molecule has 0 radical (unpaired) electrons. The zero-order valence-electron chi connectivity index (χ0n) is 10.6. The van der Waals surface area contributed by atoms with Gasteiger partial charge in [-0.3, -0.25) is 4.72 Å². The Hall–Kier alpha value is -2.04. The minimum Gasteiger partial charge on any atom is -0.280 e. The van der Waals surface area contributed by atoms with Crippen LogP contribution < -0.4 is 4.72 Å². The van der Waals surface area contributed by atoms with Crippen LogP contribution in [0.3, 0.4) is 0 Å². The van der Waals surface area contributed by atoms with E-state index in [-0.39, 0.29) is 10.6 Å². The van der Waals surface area contributed by atoms with E-state index in [1.54, 1.807) is 30.0 Å². The summed E-state index contributed by atoms with van der Waals surface area (Å²) in [5.41, 5.74) is 0.316. The molecule has 0 aliphatic rings. The lowest BCUT2D eigenvalue weighted by molar-refractivity contribution is 0.600. The smallest absolute Gasteiger partial charge is 0.264 e. The van der Waals surface area contributed by atoms with Crippen LogP contribution in [0, 0.1) is 11.3 Å². The summed E-state index contributed by atoms with van der Waals surface area (Å²) in [6, 6.07) is 11.6. The number of thioether (sulfide) groups is 1. The molecule has 0 spiro atoms. The number of anilines is 1. The Bertz CT molecular complexity index is 750. The van der Waals surface area contributed by atoms with Gasteiger partial charge in [-0.2, -0.15) is 5.26 Å². The molecule has 0 saturated heterocycles. The molecular formula is C13H11N3O2S2. The number of nitrogens with zero attached hydrogens (tertiary/aromatic N) is 2. The van der Waals surface area contributed by atoms with Gasteiger partial charge in [0.25, 0.3) is 10.0 Å². The minimum absolute atomic E-state index is 0.124. The van der Waals surface area contributed by atoms with Gasteiger partial charge < -0.3 is 0 Å². The largest absolute Gasteiger partial charge is 0.280 e. The molecule has 2 aromatic rings. The first-order valence-corrected chi connectivity index (χ1v) is 8.29. The predicted molar refractivity (Wildman–Crippen MR) is 78.0 cm³/mol. The molecule has 1 N–H and O–H groups in total. The van der Waals surface area contributed by atoms with Crippen molar-refractivity contribution in [2.45, 2.75) is 9.79 Å². The van der Waals surface area contributed by atoms with Crippen LogP contribution >= 0.6 is 11.8 Å². The van der Waals surface area contributed by atoms with E-state index in [2.05, 4.69) is 9.71 Å². The van der Waals surface area contributed by atoms with E-state index in [4.69, 9.17) is 5.26 Å². The fraction of sp³-hybridized carbons (Fsp3) is 0.0769. The number of aromatic nitrogens is 1. The molecule has 2 rings (SSSR count). The maximum absolute atomic E-state index is 12.2. The summed E-state index contributed by atoms with van der Waals surface area (Å²) < 4.78 is 26.9. The van der Waals surface area contributed by atoms with Gasteiger partial charge in [0.1, 0.15) is 11.0 Å². The lowest BCUT2D eigenvalue weighted by Crippen LogP contribution is -2.14. The molecule has 0 atom stereocenters. The van der Waals surface area contributed by atoms with Gasteiger partial charge in [-0.25, -0.2) is 13.4 Å². The number of rotatable bonds is 4. The third-order valence-corrected chi connectivity index (χ3v) is 4.66. The summed E-state index contributed by atoms with van der Waals surface area (Å²) in [4.78, 5) is 4.65. The Balaban J connectivity index is 2.33. The zero-order valence-corrected chi connectivity index (χ0v) is 12.2. The number of sulfonamides is 1. The summed E-state index contributed by atoms with van der Waals surface area (Å²) in [5.74, 6) is 0. The average molecular weight is 305 g/mol. The molecule has 5 nitrogen and oxygen atoms in total. The first-order valence-electron chi connectivity index (χ1n) is 5.59. The normalized spacial score (nSPS) is 10.8. The second-order valence-corrected chi connectivity index (χ2v) is 6.33. The monoisotopic (exact) mass is 305 g/mol. The number of nitriles is 1. The van der Waals surface area contributed by atoms with Gasteiger partial charge in [-0.15, -0.1) is 11.8 Å². The Morgan fingerprint density at radius 1 is 1.25 bits per heavy atom. The summed E-state index contributed by atoms with van der Waals surface area (Å²) in [6.07, 6.45) is 3.32. The van der Waals surface area contributed by atoms with Gasteiger partial charge in [0, 0.05) is 16.8 Å². The van der Waals surface area contributed by atoms with Crippen molar-refractivity contribution in [3.63, 3.8) is 0 Å². The van der Waals surface area contributed by atoms with Crippen LogP contribution in [-0.4, -0.2) is 19.7 Å². The van der Waals surface area contributed by atoms with Crippen LogP contribution in [0.15, 0.2) is 52.4 Å². The second kappa shape index (κ2) is 5.94. The van der Waals surface area contributed by atoms with Gasteiger partial charge in [-0.1, -0.05) is 0 Å². The molecule has 20 heavy (non-hydrogen) atoms. The molecular weight excluding hydrogens is 294 g/mol. The van der Waals surface area contributed by atoms with E-state index in [0.717, 1.165) is 4.90 Å². The topological polar surface area (TPSA) is 82.8 Å². The molecule has 0 aliphatic carbocycles. The van der Waals surface area contributed by atoms with Crippen molar-refractivity contribution in [2.24, 2.45) is 0 Å². The highest BCUT2D eigenvalue weighted by Gasteiger charge is 2.19. The zero-order chi connectivity index (χ0) is 14.6. The van der Waals surface area contributed by atoms with Crippen molar-refractivity contribution < 1.29 is 8.42 Å². The Kier molecular flexibility index (Phi) is 4.27.